The Balaban J connectivity index is 2.78. The van der Waals surface area contributed by atoms with Gasteiger partial charge in [-0.3, -0.25) is 0 Å². The van der Waals surface area contributed by atoms with Gasteiger partial charge in [0.2, 0.25) is 6.20 Å². The van der Waals surface area contributed by atoms with Crippen molar-refractivity contribution in [1.29, 1.82) is 0 Å². The molecule has 1 aromatic rings. The van der Waals surface area contributed by atoms with Gasteiger partial charge >= 0.3 is 6.09 Å². The number of aromatic nitrogens is 1. The van der Waals surface area contributed by atoms with Gasteiger partial charge in [-0.25, -0.2) is 9.36 Å². The lowest BCUT2D eigenvalue weighted by Gasteiger charge is -2.09. The van der Waals surface area contributed by atoms with E-state index in [1.165, 1.54) is 4.90 Å². The Bertz CT molecular complexity index is 348. The summed E-state index contributed by atoms with van der Waals surface area (Å²) in [4.78, 5) is 12.6. The Morgan fingerprint density at radius 3 is 2.57 bits per heavy atom. The summed E-state index contributed by atoms with van der Waals surface area (Å²) >= 11 is 0. The van der Waals surface area contributed by atoms with Gasteiger partial charge in [0.25, 0.3) is 0 Å². The van der Waals surface area contributed by atoms with Gasteiger partial charge in [-0.15, -0.1) is 0 Å². The summed E-state index contributed by atoms with van der Waals surface area (Å²) in [6.07, 6.45) is 1.41. The molecule has 0 saturated heterocycles. The largest absolute Gasteiger partial charge is 0.414 e. The zero-order chi connectivity index (χ0) is 10.7. The maximum Gasteiger partial charge on any atom is 0.414 e. The molecular weight excluding hydrogens is 180 g/mol. The van der Waals surface area contributed by atoms with Crippen LogP contribution < -0.4 is 9.30 Å². The van der Waals surface area contributed by atoms with Crippen LogP contribution in [0.15, 0.2) is 18.3 Å². The van der Waals surface area contributed by atoms with Crippen molar-refractivity contribution in [3.8, 4) is 5.75 Å². The van der Waals surface area contributed by atoms with Crippen LogP contribution >= 0.6 is 0 Å². The summed E-state index contributed by atoms with van der Waals surface area (Å²) in [6, 6.07) is 3.68. The summed E-state index contributed by atoms with van der Waals surface area (Å²) in [5.41, 5.74) is 1.11. The molecule has 0 aliphatic rings. The van der Waals surface area contributed by atoms with Crippen molar-refractivity contribution in [2.75, 3.05) is 14.1 Å². The van der Waals surface area contributed by atoms with E-state index in [1.54, 1.807) is 26.4 Å². The number of ether oxygens (including phenoxy) is 1. The van der Waals surface area contributed by atoms with Gasteiger partial charge in [-0.2, -0.15) is 0 Å². The van der Waals surface area contributed by atoms with Gasteiger partial charge in [0.1, 0.15) is 7.05 Å². The van der Waals surface area contributed by atoms with Crippen molar-refractivity contribution < 1.29 is 14.1 Å². The molecule has 4 heteroatoms. The van der Waals surface area contributed by atoms with Crippen LogP contribution in [-0.2, 0) is 7.05 Å². The Morgan fingerprint density at radius 1 is 1.43 bits per heavy atom. The van der Waals surface area contributed by atoms with Gasteiger partial charge in [0.15, 0.2) is 11.4 Å². The van der Waals surface area contributed by atoms with E-state index in [0.29, 0.717) is 5.75 Å². The first kappa shape index (κ1) is 10.5. The van der Waals surface area contributed by atoms with Crippen LogP contribution in [0.2, 0.25) is 0 Å². The molecule has 76 valence electrons. The van der Waals surface area contributed by atoms with Crippen LogP contribution in [0.5, 0.6) is 5.75 Å². The van der Waals surface area contributed by atoms with Crippen molar-refractivity contribution in [3.05, 3.63) is 24.0 Å². The molecule has 4 nitrogen and oxygen atoms in total. The lowest BCUT2D eigenvalue weighted by Crippen LogP contribution is -2.32. The zero-order valence-corrected chi connectivity index (χ0v) is 8.94. The average molecular weight is 195 g/mol. The van der Waals surface area contributed by atoms with Crippen molar-refractivity contribution >= 4 is 6.09 Å². The summed E-state index contributed by atoms with van der Waals surface area (Å²) in [6.45, 7) is 1.98. The third-order valence-electron chi connectivity index (χ3n) is 1.94. The van der Waals surface area contributed by atoms with Crippen molar-refractivity contribution in [1.82, 2.24) is 4.90 Å². The SMILES string of the molecule is Cc1ccc(OC(=O)N(C)C)c[n+]1C. The molecule has 0 saturated carbocycles. The molecule has 0 spiro atoms. The van der Waals surface area contributed by atoms with Crippen molar-refractivity contribution in [3.63, 3.8) is 0 Å². The van der Waals surface area contributed by atoms with E-state index >= 15 is 0 Å². The lowest BCUT2D eigenvalue weighted by atomic mass is 10.3. The second-order valence-corrected chi connectivity index (χ2v) is 3.38. The fourth-order valence-corrected chi connectivity index (χ4v) is 0.908. The molecule has 1 aromatic heterocycles. The first-order valence-electron chi connectivity index (χ1n) is 4.36. The molecule has 1 heterocycles. The standard InChI is InChI=1S/C10H15N2O2/c1-8-5-6-9(7-12(8)4)14-10(13)11(2)3/h5-7H,1-4H3/q+1. The highest BCUT2D eigenvalue weighted by Gasteiger charge is 2.09. The number of hydrogen-bond acceptors (Lipinski definition) is 2. The number of rotatable bonds is 1. The maximum absolute atomic E-state index is 11.2. The quantitative estimate of drug-likeness (QED) is 0.623. The summed E-state index contributed by atoms with van der Waals surface area (Å²) in [5.74, 6) is 0.553. The van der Waals surface area contributed by atoms with Crippen molar-refractivity contribution in [2.24, 2.45) is 7.05 Å². The molecule has 1 rings (SSSR count). The predicted molar refractivity (Wildman–Crippen MR) is 52.1 cm³/mol. The highest BCUT2D eigenvalue weighted by atomic mass is 16.6. The van der Waals surface area contributed by atoms with Crippen LogP contribution in [0.1, 0.15) is 5.69 Å². The smallest absolute Gasteiger partial charge is 0.404 e. The van der Waals surface area contributed by atoms with Gasteiger partial charge < -0.3 is 9.64 Å². The van der Waals surface area contributed by atoms with E-state index in [4.69, 9.17) is 4.74 Å². The minimum absolute atomic E-state index is 0.367. The highest BCUT2D eigenvalue weighted by molar-refractivity contribution is 5.69. The van der Waals surface area contributed by atoms with E-state index in [0.717, 1.165) is 5.69 Å². The summed E-state index contributed by atoms with van der Waals surface area (Å²) < 4.78 is 6.98. The average Bonchev–Trinajstić information content (AvgIpc) is 2.11. The first-order valence-corrected chi connectivity index (χ1v) is 4.36. The van der Waals surface area contributed by atoms with E-state index in [9.17, 15) is 4.79 Å². The van der Waals surface area contributed by atoms with Gasteiger partial charge in [0.05, 0.1) is 0 Å². The third-order valence-corrected chi connectivity index (χ3v) is 1.94. The topological polar surface area (TPSA) is 33.4 Å². The molecule has 0 aliphatic carbocycles. The van der Waals surface area contributed by atoms with Crippen molar-refractivity contribution in [2.45, 2.75) is 6.92 Å². The fourth-order valence-electron chi connectivity index (χ4n) is 0.908. The molecule has 0 aromatic carbocycles. The second-order valence-electron chi connectivity index (χ2n) is 3.38. The Morgan fingerprint density at radius 2 is 2.07 bits per heavy atom. The minimum Gasteiger partial charge on any atom is -0.404 e. The summed E-state index contributed by atoms with van der Waals surface area (Å²) in [5, 5.41) is 0. The van der Waals surface area contributed by atoms with Gasteiger partial charge in [-0.1, -0.05) is 0 Å². The normalized spacial score (nSPS) is 9.71. The molecular formula is C10H15N2O2+. The molecule has 14 heavy (non-hydrogen) atoms. The third kappa shape index (κ3) is 2.45. The number of amides is 1. The van der Waals surface area contributed by atoms with Crippen LogP contribution in [0, 0.1) is 6.92 Å². The van der Waals surface area contributed by atoms with Crippen LogP contribution in [0.4, 0.5) is 4.79 Å². The van der Waals surface area contributed by atoms with Crippen LogP contribution in [0.25, 0.3) is 0 Å². The minimum atomic E-state index is -0.367. The number of hydrogen-bond donors (Lipinski definition) is 0. The summed E-state index contributed by atoms with van der Waals surface area (Å²) in [7, 11) is 5.20. The molecule has 0 aliphatic heterocycles. The molecule has 0 N–H and O–H groups in total. The molecule has 0 fully saturated rings. The van der Waals surface area contributed by atoms with E-state index in [-0.39, 0.29) is 6.09 Å². The molecule has 1 amide bonds. The fraction of sp³-hybridized carbons (Fsp3) is 0.400. The maximum atomic E-state index is 11.2. The second kappa shape index (κ2) is 4.09. The number of aryl methyl sites for hydroxylation is 2. The van der Waals surface area contributed by atoms with Gasteiger partial charge in [0, 0.05) is 27.1 Å². The van der Waals surface area contributed by atoms with Crippen LogP contribution in [0.3, 0.4) is 0 Å². The number of nitrogens with zero attached hydrogens (tertiary/aromatic N) is 2. The van der Waals surface area contributed by atoms with Gasteiger partial charge in [-0.05, 0) is 6.07 Å². The van der Waals surface area contributed by atoms with E-state index < -0.39 is 0 Å². The zero-order valence-electron chi connectivity index (χ0n) is 8.94. The number of pyridine rings is 1. The Hall–Kier alpha value is -1.58. The molecule has 0 atom stereocenters. The number of carbonyl (C=O) groups is 1. The monoisotopic (exact) mass is 195 g/mol. The van der Waals surface area contributed by atoms with E-state index in [1.807, 2.05) is 24.6 Å². The Labute approximate surface area is 83.7 Å². The number of carbonyl (C=O) groups excluding carboxylic acids is 1. The molecule has 0 unspecified atom stereocenters. The highest BCUT2D eigenvalue weighted by Crippen LogP contribution is 2.07. The molecule has 0 radical (unpaired) electrons. The van der Waals surface area contributed by atoms with E-state index in [2.05, 4.69) is 0 Å². The van der Waals surface area contributed by atoms with Crippen LogP contribution in [-0.4, -0.2) is 25.1 Å². The predicted octanol–water partition coefficient (Wildman–Crippen LogP) is 0.880. The lowest BCUT2D eigenvalue weighted by molar-refractivity contribution is -0.677. The Kier molecular flexibility index (Phi) is 3.06. The molecule has 0 bridgehead atoms. The first-order chi connectivity index (χ1) is 6.50.